The lowest BCUT2D eigenvalue weighted by Crippen LogP contribution is -2.42. The molecule has 15 heavy (non-hydrogen) atoms. The van der Waals surface area contributed by atoms with E-state index in [2.05, 4.69) is 0 Å². The molecule has 5 heteroatoms. The molecule has 0 saturated heterocycles. The van der Waals surface area contributed by atoms with Crippen LogP contribution in [0.5, 0.6) is 0 Å². The zero-order chi connectivity index (χ0) is 11.5. The Kier molecular flexibility index (Phi) is 4.13. The number of hydrogen-bond acceptors (Lipinski definition) is 2. The summed E-state index contributed by atoms with van der Waals surface area (Å²) < 4.78 is 36.4. The van der Waals surface area contributed by atoms with E-state index in [4.69, 9.17) is 0 Å². The summed E-state index contributed by atoms with van der Waals surface area (Å²) in [5.74, 6) is -0.0424. The number of likely N-dealkylation sites (N-methyl/N-ethyl adjacent to an activating group) is 1. The minimum atomic E-state index is -4.22. The van der Waals surface area contributed by atoms with Gasteiger partial charge in [0.15, 0.2) is 0 Å². The van der Waals surface area contributed by atoms with Crippen LogP contribution >= 0.6 is 0 Å². The molecule has 88 valence electrons. The van der Waals surface area contributed by atoms with Crippen molar-refractivity contribution in [3.05, 3.63) is 0 Å². The van der Waals surface area contributed by atoms with Gasteiger partial charge < -0.3 is 0 Å². The Morgan fingerprint density at radius 2 is 2.00 bits per heavy atom. The molecule has 0 aliphatic heterocycles. The lowest BCUT2D eigenvalue weighted by atomic mass is 10.1. The Morgan fingerprint density at radius 1 is 1.33 bits per heavy atom. The summed E-state index contributed by atoms with van der Waals surface area (Å²) in [5, 5.41) is 0. The van der Waals surface area contributed by atoms with Gasteiger partial charge in [0, 0.05) is 6.42 Å². The lowest BCUT2D eigenvalue weighted by molar-refractivity contribution is -0.151. The van der Waals surface area contributed by atoms with Crippen molar-refractivity contribution in [1.29, 1.82) is 0 Å². The Balaban J connectivity index is 2.56. The predicted molar refractivity (Wildman–Crippen MR) is 50.6 cm³/mol. The van der Waals surface area contributed by atoms with Gasteiger partial charge in [0.25, 0.3) is 0 Å². The molecular formula is C10H16F3NO. The van der Waals surface area contributed by atoms with Crippen LogP contribution in [0.2, 0.25) is 0 Å². The SMILES string of the molecule is CN(CC(F)(F)F)C1CCCCCC1=O. The highest BCUT2D eigenvalue weighted by Crippen LogP contribution is 2.22. The number of Topliss-reactive ketones (excluding diaryl/α,β-unsaturated/α-hetero) is 1. The fraction of sp³-hybridized carbons (Fsp3) is 0.900. The highest BCUT2D eigenvalue weighted by atomic mass is 19.4. The number of nitrogens with zero attached hydrogens (tertiary/aromatic N) is 1. The van der Waals surface area contributed by atoms with Crippen LogP contribution in [0.1, 0.15) is 32.1 Å². The van der Waals surface area contributed by atoms with Crippen molar-refractivity contribution < 1.29 is 18.0 Å². The monoisotopic (exact) mass is 223 g/mol. The number of alkyl halides is 3. The van der Waals surface area contributed by atoms with Gasteiger partial charge >= 0.3 is 6.18 Å². The van der Waals surface area contributed by atoms with E-state index in [1.54, 1.807) is 0 Å². The smallest absolute Gasteiger partial charge is 0.298 e. The highest BCUT2D eigenvalue weighted by Gasteiger charge is 2.34. The van der Waals surface area contributed by atoms with Crippen molar-refractivity contribution >= 4 is 5.78 Å². The van der Waals surface area contributed by atoms with Crippen LogP contribution in [0.15, 0.2) is 0 Å². The maximum absolute atomic E-state index is 12.1. The van der Waals surface area contributed by atoms with Gasteiger partial charge in [-0.25, -0.2) is 0 Å². The molecule has 0 radical (unpaired) electrons. The molecular weight excluding hydrogens is 207 g/mol. The molecule has 0 spiro atoms. The van der Waals surface area contributed by atoms with Gasteiger partial charge in [-0.3, -0.25) is 9.69 Å². The summed E-state index contributed by atoms with van der Waals surface area (Å²) in [4.78, 5) is 12.7. The molecule has 0 amide bonds. The zero-order valence-electron chi connectivity index (χ0n) is 8.81. The Labute approximate surface area is 87.4 Å². The highest BCUT2D eigenvalue weighted by molar-refractivity contribution is 5.84. The molecule has 1 rings (SSSR count). The first-order valence-electron chi connectivity index (χ1n) is 5.20. The topological polar surface area (TPSA) is 20.3 Å². The molecule has 1 fully saturated rings. The van der Waals surface area contributed by atoms with Gasteiger partial charge in [0.05, 0.1) is 12.6 Å². The lowest BCUT2D eigenvalue weighted by Gasteiger charge is -2.26. The van der Waals surface area contributed by atoms with E-state index in [-0.39, 0.29) is 5.78 Å². The van der Waals surface area contributed by atoms with E-state index < -0.39 is 18.8 Å². The molecule has 0 bridgehead atoms. The predicted octanol–water partition coefficient (Wildman–Crippen LogP) is 2.38. The van der Waals surface area contributed by atoms with Crippen LogP contribution in [0.3, 0.4) is 0 Å². The van der Waals surface area contributed by atoms with Gasteiger partial charge in [-0.15, -0.1) is 0 Å². The van der Waals surface area contributed by atoms with Gasteiger partial charge in [-0.2, -0.15) is 13.2 Å². The first kappa shape index (κ1) is 12.5. The summed E-state index contributed by atoms with van der Waals surface area (Å²) in [6.07, 6.45) is -0.629. The van der Waals surface area contributed by atoms with Crippen molar-refractivity contribution in [2.75, 3.05) is 13.6 Å². The standard InChI is InChI=1S/C10H16F3NO/c1-14(7-10(11,12)13)8-5-3-2-4-6-9(8)15/h8H,2-7H2,1H3. The van der Waals surface area contributed by atoms with Crippen molar-refractivity contribution in [2.24, 2.45) is 0 Å². The van der Waals surface area contributed by atoms with E-state index in [0.717, 1.165) is 24.2 Å². The third-order valence-electron chi connectivity index (χ3n) is 2.73. The van der Waals surface area contributed by atoms with Crippen molar-refractivity contribution in [3.8, 4) is 0 Å². The summed E-state index contributed by atoms with van der Waals surface area (Å²) in [6.45, 7) is -0.997. The number of rotatable bonds is 2. The zero-order valence-corrected chi connectivity index (χ0v) is 8.81. The van der Waals surface area contributed by atoms with Crippen LogP contribution in [-0.2, 0) is 4.79 Å². The molecule has 1 unspecified atom stereocenters. The quantitative estimate of drug-likeness (QED) is 0.670. The van der Waals surface area contributed by atoms with Crippen molar-refractivity contribution in [3.63, 3.8) is 0 Å². The van der Waals surface area contributed by atoms with Gasteiger partial charge in [0.2, 0.25) is 0 Å². The molecule has 0 N–H and O–H groups in total. The summed E-state index contributed by atoms with van der Waals surface area (Å²) in [6, 6.07) is -0.533. The Hall–Kier alpha value is -0.580. The second-order valence-electron chi connectivity index (χ2n) is 4.11. The largest absolute Gasteiger partial charge is 0.401 e. The van der Waals surface area contributed by atoms with Gasteiger partial charge in [-0.05, 0) is 19.9 Å². The number of halogens is 3. The van der Waals surface area contributed by atoms with Crippen LogP contribution in [0.4, 0.5) is 13.2 Å². The van der Waals surface area contributed by atoms with Gasteiger partial charge in [0.1, 0.15) is 5.78 Å². The van der Waals surface area contributed by atoms with Gasteiger partial charge in [-0.1, -0.05) is 12.8 Å². The maximum atomic E-state index is 12.1. The minimum Gasteiger partial charge on any atom is -0.298 e. The second kappa shape index (κ2) is 4.96. The van der Waals surface area contributed by atoms with Crippen LogP contribution in [-0.4, -0.2) is 36.5 Å². The number of carbonyl (C=O) groups excluding carboxylic acids is 1. The maximum Gasteiger partial charge on any atom is 0.401 e. The van der Waals surface area contributed by atoms with E-state index in [1.165, 1.54) is 7.05 Å². The average Bonchev–Trinajstić information content (AvgIpc) is 2.26. The summed E-state index contributed by atoms with van der Waals surface area (Å²) in [5.41, 5.74) is 0. The molecule has 1 atom stereocenters. The van der Waals surface area contributed by atoms with Crippen molar-refractivity contribution in [1.82, 2.24) is 4.90 Å². The van der Waals surface area contributed by atoms with E-state index in [9.17, 15) is 18.0 Å². The number of ketones is 1. The third kappa shape index (κ3) is 4.20. The number of hydrogen-bond donors (Lipinski definition) is 0. The summed E-state index contributed by atoms with van der Waals surface area (Å²) in [7, 11) is 1.38. The molecule has 2 nitrogen and oxygen atoms in total. The second-order valence-corrected chi connectivity index (χ2v) is 4.11. The summed E-state index contributed by atoms with van der Waals surface area (Å²) >= 11 is 0. The Bertz CT molecular complexity index is 227. The number of carbonyl (C=O) groups is 1. The average molecular weight is 223 g/mol. The van der Waals surface area contributed by atoms with E-state index >= 15 is 0 Å². The molecule has 1 aliphatic carbocycles. The molecule has 0 aromatic carbocycles. The van der Waals surface area contributed by atoms with Crippen LogP contribution in [0.25, 0.3) is 0 Å². The fourth-order valence-corrected chi connectivity index (χ4v) is 2.00. The van der Waals surface area contributed by atoms with E-state index in [1.807, 2.05) is 0 Å². The minimum absolute atomic E-state index is 0.0424. The first-order valence-corrected chi connectivity index (χ1v) is 5.20. The normalized spacial score (nSPS) is 24.3. The fourth-order valence-electron chi connectivity index (χ4n) is 2.00. The molecule has 0 aromatic heterocycles. The van der Waals surface area contributed by atoms with Crippen molar-refractivity contribution in [2.45, 2.75) is 44.3 Å². The first-order chi connectivity index (χ1) is 6.90. The van der Waals surface area contributed by atoms with E-state index in [0.29, 0.717) is 12.8 Å². The molecule has 1 aliphatic rings. The Morgan fingerprint density at radius 3 is 2.60 bits per heavy atom. The molecule has 0 aromatic rings. The third-order valence-corrected chi connectivity index (χ3v) is 2.73. The molecule has 0 heterocycles. The molecule has 1 saturated carbocycles. The van der Waals surface area contributed by atoms with Crippen LogP contribution in [0, 0.1) is 0 Å². The van der Waals surface area contributed by atoms with Crippen LogP contribution < -0.4 is 0 Å².